The molecule has 6 aromatic rings. The van der Waals surface area contributed by atoms with Crippen LogP contribution in [-0.2, 0) is 4.74 Å². The van der Waals surface area contributed by atoms with Crippen LogP contribution in [0.15, 0.2) is 103 Å². The van der Waals surface area contributed by atoms with Gasteiger partial charge in [0.1, 0.15) is 0 Å². The van der Waals surface area contributed by atoms with Gasteiger partial charge in [0.05, 0.1) is 6.10 Å². The van der Waals surface area contributed by atoms with Gasteiger partial charge in [0, 0.05) is 6.61 Å². The summed E-state index contributed by atoms with van der Waals surface area (Å²) in [6.07, 6.45) is 2.76. The third-order valence-electron chi connectivity index (χ3n) is 6.49. The average Bonchev–Trinajstić information content (AvgIpc) is 3.38. The smallest absolute Gasteiger partial charge is 1.00 e. The van der Waals surface area contributed by atoms with Gasteiger partial charge in [-0.1, -0.05) is 103 Å². The minimum atomic E-state index is 0. The zero-order valence-corrected chi connectivity index (χ0v) is 18.4. The molecule has 0 bridgehead atoms. The van der Waals surface area contributed by atoms with Crippen LogP contribution in [0.3, 0.4) is 0 Å². The van der Waals surface area contributed by atoms with Gasteiger partial charge in [0.2, 0.25) is 0 Å². The third kappa shape index (κ3) is 3.57. The molecule has 1 aliphatic heterocycles. The summed E-state index contributed by atoms with van der Waals surface area (Å²) in [5.74, 6) is 0. The van der Waals surface area contributed by atoms with E-state index in [-0.39, 0.29) is 20.3 Å². The summed E-state index contributed by atoms with van der Waals surface area (Å²) in [6, 6.07) is 36.9. The Morgan fingerprint density at radius 2 is 1.03 bits per heavy atom. The Balaban J connectivity index is 0.000000172. The molecule has 0 amide bonds. The van der Waals surface area contributed by atoms with Gasteiger partial charge in [-0.3, -0.25) is 0 Å². The Bertz CT molecular complexity index is 1320. The summed E-state index contributed by atoms with van der Waals surface area (Å²) in [4.78, 5) is 0. The van der Waals surface area contributed by atoms with Crippen LogP contribution >= 0.6 is 0 Å². The fourth-order valence-electron chi connectivity index (χ4n) is 5.09. The maximum atomic E-state index is 5.54. The van der Waals surface area contributed by atoms with Crippen LogP contribution in [0.5, 0.6) is 0 Å². The molecular weight excluding hydrogens is 383 g/mol. The maximum absolute atomic E-state index is 5.54. The molecule has 1 heterocycles. The van der Waals surface area contributed by atoms with Gasteiger partial charge in [-0.25, -0.2) is 0 Å². The third-order valence-corrected chi connectivity index (χ3v) is 6.49. The Kier molecular flexibility index (Phi) is 5.90. The van der Waals surface area contributed by atoms with E-state index in [4.69, 9.17) is 4.74 Å². The number of rotatable bonds is 1. The quantitative estimate of drug-likeness (QED) is 0.201. The van der Waals surface area contributed by atoms with Gasteiger partial charge in [-0.2, -0.15) is 0 Å². The van der Waals surface area contributed by atoms with E-state index < -0.39 is 0 Å². The maximum Gasteiger partial charge on any atom is 1.00 e. The van der Waals surface area contributed by atoms with Crippen molar-refractivity contribution in [3.8, 4) is 0 Å². The summed E-state index contributed by atoms with van der Waals surface area (Å²) in [5, 5.41) is 10.9. The van der Waals surface area contributed by atoms with Crippen molar-refractivity contribution in [1.82, 2.24) is 0 Å². The summed E-state index contributed by atoms with van der Waals surface area (Å²) < 4.78 is 5.54. The summed E-state index contributed by atoms with van der Waals surface area (Å²) >= 11 is 0. The van der Waals surface area contributed by atoms with Crippen LogP contribution in [-0.4, -0.2) is 6.61 Å². The number of hydrogen-bond acceptors (Lipinski definition) is 1. The van der Waals surface area contributed by atoms with Crippen molar-refractivity contribution in [3.63, 3.8) is 0 Å². The molecule has 0 saturated carbocycles. The number of benzene rings is 6. The van der Waals surface area contributed by atoms with E-state index in [0.717, 1.165) is 6.61 Å². The summed E-state index contributed by atoms with van der Waals surface area (Å²) in [7, 11) is 0. The Morgan fingerprint density at radius 1 is 0.562 bits per heavy atom. The molecule has 0 aliphatic carbocycles. The van der Waals surface area contributed by atoms with Crippen molar-refractivity contribution in [1.29, 1.82) is 0 Å². The standard InChI is InChI=1S/C20H12.C10H12O.Li.H/c1-5-13-6-2-11-17-18-12-4-8-14-7-3-10-16(20(14)18)15(9-1)19(13)17;1-2-5-9(6-3-1)10-7-4-8-11-10;;/h1-12H;1-3,5-6,10H,4,7-8H2;;/q;;+1;-1. The van der Waals surface area contributed by atoms with Gasteiger partial charge in [-0.15, -0.1) is 0 Å². The first-order chi connectivity index (χ1) is 15.4. The van der Waals surface area contributed by atoms with Crippen molar-refractivity contribution in [2.75, 3.05) is 6.61 Å². The molecule has 0 radical (unpaired) electrons. The predicted octanol–water partition coefficient (Wildman–Crippen LogP) is 5.39. The Hall–Kier alpha value is -2.82. The van der Waals surface area contributed by atoms with Crippen LogP contribution in [0.1, 0.15) is 25.9 Å². The van der Waals surface area contributed by atoms with Gasteiger partial charge in [0.15, 0.2) is 0 Å². The summed E-state index contributed by atoms with van der Waals surface area (Å²) in [5.41, 5.74) is 1.32. The average molecular weight is 408 g/mol. The topological polar surface area (TPSA) is 9.23 Å². The molecule has 7 rings (SSSR count). The van der Waals surface area contributed by atoms with E-state index in [1.165, 1.54) is 61.5 Å². The molecule has 1 saturated heterocycles. The van der Waals surface area contributed by atoms with Crippen molar-refractivity contribution in [2.45, 2.75) is 18.9 Å². The molecule has 32 heavy (non-hydrogen) atoms. The molecular formula is C30H25LiO. The van der Waals surface area contributed by atoms with Crippen molar-refractivity contribution in [3.05, 3.63) is 109 Å². The van der Waals surface area contributed by atoms with Crippen LogP contribution in [0.25, 0.3) is 43.1 Å². The minimum absolute atomic E-state index is 0. The number of ether oxygens (including phenoxy) is 1. The normalized spacial score (nSPS) is 15.7. The molecule has 2 heteroatoms. The largest absolute Gasteiger partial charge is 1.00 e. The fourth-order valence-corrected chi connectivity index (χ4v) is 5.09. The fraction of sp³-hybridized carbons (Fsp3) is 0.133. The molecule has 1 aliphatic rings. The molecule has 6 aromatic carbocycles. The second-order valence-corrected chi connectivity index (χ2v) is 8.33. The molecule has 0 N–H and O–H groups in total. The van der Waals surface area contributed by atoms with Crippen molar-refractivity contribution in [2.24, 2.45) is 0 Å². The second kappa shape index (κ2) is 8.97. The van der Waals surface area contributed by atoms with E-state index >= 15 is 0 Å². The molecule has 0 aromatic heterocycles. The van der Waals surface area contributed by atoms with Crippen LogP contribution in [0, 0.1) is 0 Å². The first-order valence-electron chi connectivity index (χ1n) is 11.1. The van der Waals surface area contributed by atoms with E-state index in [0.29, 0.717) is 6.10 Å². The Labute approximate surface area is 202 Å². The Morgan fingerprint density at radius 3 is 1.44 bits per heavy atom. The first kappa shape index (κ1) is 21.0. The van der Waals surface area contributed by atoms with E-state index in [1.54, 1.807) is 0 Å². The monoisotopic (exact) mass is 408 g/mol. The first-order valence-corrected chi connectivity index (χ1v) is 11.1. The predicted molar refractivity (Wildman–Crippen MR) is 133 cm³/mol. The molecule has 1 unspecified atom stereocenters. The van der Waals surface area contributed by atoms with Gasteiger partial charge < -0.3 is 6.16 Å². The van der Waals surface area contributed by atoms with E-state index in [2.05, 4.69) is 97.1 Å². The van der Waals surface area contributed by atoms with Crippen molar-refractivity contribution < 1.29 is 25.0 Å². The van der Waals surface area contributed by atoms with Crippen LogP contribution in [0.4, 0.5) is 0 Å². The number of hydrogen-bond donors (Lipinski definition) is 0. The summed E-state index contributed by atoms with van der Waals surface area (Å²) in [6.45, 7) is 0.930. The van der Waals surface area contributed by atoms with E-state index in [9.17, 15) is 0 Å². The molecule has 1 atom stereocenters. The number of fused-ring (bicyclic) bond motifs is 2. The molecule has 1 fully saturated rings. The second-order valence-electron chi connectivity index (χ2n) is 8.33. The van der Waals surface area contributed by atoms with Gasteiger partial charge in [0.25, 0.3) is 0 Å². The minimum Gasteiger partial charge on any atom is -1.00 e. The van der Waals surface area contributed by atoms with Crippen LogP contribution in [0.2, 0.25) is 0 Å². The van der Waals surface area contributed by atoms with E-state index in [1.807, 2.05) is 6.07 Å². The van der Waals surface area contributed by atoms with Gasteiger partial charge in [-0.05, 0) is 61.5 Å². The molecule has 1 nitrogen and oxygen atoms in total. The van der Waals surface area contributed by atoms with Gasteiger partial charge >= 0.3 is 18.9 Å². The molecule has 0 spiro atoms. The SMILES string of the molecule is [H-].[Li+].c1cc2cccc3c4cccc5cccc(c(c1)c23)c54.c1ccc(C2CCCO2)cc1. The molecule has 152 valence electrons. The van der Waals surface area contributed by atoms with Crippen molar-refractivity contribution >= 4 is 43.1 Å². The zero-order chi connectivity index (χ0) is 20.6. The van der Waals surface area contributed by atoms with Crippen LogP contribution < -0.4 is 18.9 Å². The zero-order valence-electron chi connectivity index (χ0n) is 19.4.